The fourth-order valence-corrected chi connectivity index (χ4v) is 3.03. The molecule has 0 bridgehead atoms. The Bertz CT molecular complexity index is 894. The summed E-state index contributed by atoms with van der Waals surface area (Å²) in [6.45, 7) is 6.58. The standard InChI is InChI=1S/C19H20N2O2/c1-4-21-16-8-6-5-7-14(16)13(3)18(21)19(23)20-15-10-9-12(2)11-17(15)22/h5-11,22H,4H2,1-3H3,(H,20,23). The number of carbonyl (C=O) groups is 1. The molecule has 0 aliphatic rings. The first-order valence-corrected chi connectivity index (χ1v) is 7.71. The summed E-state index contributed by atoms with van der Waals surface area (Å²) in [6, 6.07) is 13.2. The van der Waals surface area contributed by atoms with Gasteiger partial charge in [-0.05, 0) is 50.1 Å². The third-order valence-corrected chi connectivity index (χ3v) is 4.16. The molecule has 118 valence electrons. The molecule has 0 aliphatic carbocycles. The Labute approximate surface area is 135 Å². The molecule has 3 aromatic rings. The predicted molar refractivity (Wildman–Crippen MR) is 93.1 cm³/mol. The molecule has 4 nitrogen and oxygen atoms in total. The van der Waals surface area contributed by atoms with Gasteiger partial charge in [-0.2, -0.15) is 0 Å². The molecular formula is C19H20N2O2. The number of aromatic nitrogens is 1. The number of rotatable bonds is 3. The van der Waals surface area contributed by atoms with Gasteiger partial charge in [0.05, 0.1) is 5.69 Å². The summed E-state index contributed by atoms with van der Waals surface area (Å²) < 4.78 is 2.01. The topological polar surface area (TPSA) is 54.3 Å². The van der Waals surface area contributed by atoms with Crippen molar-refractivity contribution < 1.29 is 9.90 Å². The molecular weight excluding hydrogens is 288 g/mol. The van der Waals surface area contributed by atoms with E-state index in [-0.39, 0.29) is 11.7 Å². The van der Waals surface area contributed by atoms with Crippen molar-refractivity contribution in [3.05, 3.63) is 59.3 Å². The predicted octanol–water partition coefficient (Wildman–Crippen LogP) is 4.24. The molecule has 0 unspecified atom stereocenters. The molecule has 3 rings (SSSR count). The van der Waals surface area contributed by atoms with Crippen LogP contribution in [-0.2, 0) is 6.54 Å². The van der Waals surface area contributed by atoms with E-state index in [2.05, 4.69) is 5.32 Å². The molecule has 2 N–H and O–H groups in total. The fourth-order valence-electron chi connectivity index (χ4n) is 3.03. The van der Waals surface area contributed by atoms with Crippen LogP contribution in [0.25, 0.3) is 10.9 Å². The third kappa shape index (κ3) is 2.57. The number of phenolic OH excluding ortho intramolecular Hbond substituents is 1. The summed E-state index contributed by atoms with van der Waals surface area (Å²) in [5, 5.41) is 13.9. The van der Waals surface area contributed by atoms with Gasteiger partial charge in [0.25, 0.3) is 5.91 Å². The lowest BCUT2D eigenvalue weighted by atomic mass is 10.1. The largest absolute Gasteiger partial charge is 0.506 e. The Morgan fingerprint density at radius 3 is 2.61 bits per heavy atom. The van der Waals surface area contributed by atoms with E-state index in [4.69, 9.17) is 0 Å². The summed E-state index contributed by atoms with van der Waals surface area (Å²) >= 11 is 0. The highest BCUT2D eigenvalue weighted by Gasteiger charge is 2.20. The molecule has 1 aromatic heterocycles. The van der Waals surface area contributed by atoms with Crippen molar-refractivity contribution in [2.45, 2.75) is 27.3 Å². The molecule has 4 heteroatoms. The number of anilines is 1. The molecule has 0 saturated heterocycles. The molecule has 1 amide bonds. The number of aryl methyl sites for hydroxylation is 3. The Morgan fingerprint density at radius 2 is 1.91 bits per heavy atom. The Hall–Kier alpha value is -2.75. The molecule has 0 fully saturated rings. The number of fused-ring (bicyclic) bond motifs is 1. The van der Waals surface area contributed by atoms with E-state index in [1.54, 1.807) is 12.1 Å². The number of para-hydroxylation sites is 1. The summed E-state index contributed by atoms with van der Waals surface area (Å²) in [6.07, 6.45) is 0. The van der Waals surface area contributed by atoms with Crippen molar-refractivity contribution in [3.8, 4) is 5.75 Å². The number of aromatic hydroxyl groups is 1. The second-order valence-corrected chi connectivity index (χ2v) is 5.71. The highest BCUT2D eigenvalue weighted by molar-refractivity contribution is 6.08. The molecule has 1 heterocycles. The fraction of sp³-hybridized carbons (Fsp3) is 0.211. The van der Waals surface area contributed by atoms with Crippen LogP contribution >= 0.6 is 0 Å². The molecule has 0 radical (unpaired) electrons. The van der Waals surface area contributed by atoms with E-state index < -0.39 is 0 Å². The van der Waals surface area contributed by atoms with Gasteiger partial charge in [0.1, 0.15) is 11.4 Å². The molecule has 23 heavy (non-hydrogen) atoms. The number of hydrogen-bond donors (Lipinski definition) is 2. The quantitative estimate of drug-likeness (QED) is 0.711. The van der Waals surface area contributed by atoms with Gasteiger partial charge in [0.2, 0.25) is 0 Å². The Balaban J connectivity index is 2.05. The van der Waals surface area contributed by atoms with Crippen LogP contribution in [0.3, 0.4) is 0 Å². The Morgan fingerprint density at radius 1 is 1.17 bits per heavy atom. The average Bonchev–Trinajstić information content (AvgIpc) is 2.83. The summed E-state index contributed by atoms with van der Waals surface area (Å²) in [7, 11) is 0. The smallest absolute Gasteiger partial charge is 0.272 e. The van der Waals surface area contributed by atoms with Crippen LogP contribution in [0.15, 0.2) is 42.5 Å². The van der Waals surface area contributed by atoms with E-state index >= 15 is 0 Å². The monoisotopic (exact) mass is 308 g/mol. The van der Waals surface area contributed by atoms with Crippen molar-refractivity contribution in [2.75, 3.05) is 5.32 Å². The van der Waals surface area contributed by atoms with Crippen LogP contribution in [0, 0.1) is 13.8 Å². The first-order valence-electron chi connectivity index (χ1n) is 7.71. The summed E-state index contributed by atoms with van der Waals surface area (Å²) in [5.74, 6) is -0.130. The van der Waals surface area contributed by atoms with E-state index in [0.29, 0.717) is 17.9 Å². The van der Waals surface area contributed by atoms with Crippen LogP contribution in [0.5, 0.6) is 5.75 Å². The number of benzene rings is 2. The number of carbonyl (C=O) groups excluding carboxylic acids is 1. The SMILES string of the molecule is CCn1c(C(=O)Nc2ccc(C)cc2O)c(C)c2ccccc21. The van der Waals surface area contributed by atoms with Crippen molar-refractivity contribution in [2.24, 2.45) is 0 Å². The van der Waals surface area contributed by atoms with Crippen LogP contribution in [0.4, 0.5) is 5.69 Å². The second-order valence-electron chi connectivity index (χ2n) is 5.71. The highest BCUT2D eigenvalue weighted by atomic mass is 16.3. The van der Waals surface area contributed by atoms with Gasteiger partial charge in [-0.15, -0.1) is 0 Å². The minimum absolute atomic E-state index is 0.0789. The zero-order chi connectivity index (χ0) is 16.6. The third-order valence-electron chi connectivity index (χ3n) is 4.16. The maximum Gasteiger partial charge on any atom is 0.272 e. The number of nitrogens with zero attached hydrogens (tertiary/aromatic N) is 1. The lowest BCUT2D eigenvalue weighted by Gasteiger charge is -2.11. The van der Waals surface area contributed by atoms with E-state index in [1.807, 2.05) is 55.7 Å². The van der Waals surface area contributed by atoms with E-state index in [1.165, 1.54) is 0 Å². The molecule has 0 aliphatic heterocycles. The van der Waals surface area contributed by atoms with Crippen molar-refractivity contribution in [1.29, 1.82) is 0 Å². The summed E-state index contributed by atoms with van der Waals surface area (Å²) in [4.78, 5) is 12.8. The lowest BCUT2D eigenvalue weighted by molar-refractivity contribution is 0.101. The Kier molecular flexibility index (Phi) is 3.82. The maximum atomic E-state index is 12.8. The van der Waals surface area contributed by atoms with E-state index in [0.717, 1.165) is 22.0 Å². The van der Waals surface area contributed by atoms with Gasteiger partial charge in [0.15, 0.2) is 0 Å². The van der Waals surface area contributed by atoms with Gasteiger partial charge in [-0.3, -0.25) is 4.79 Å². The molecule has 0 atom stereocenters. The van der Waals surface area contributed by atoms with Crippen LogP contribution in [-0.4, -0.2) is 15.6 Å². The first-order chi connectivity index (χ1) is 11.0. The minimum atomic E-state index is -0.209. The average molecular weight is 308 g/mol. The number of phenols is 1. The van der Waals surface area contributed by atoms with Crippen molar-refractivity contribution in [3.63, 3.8) is 0 Å². The maximum absolute atomic E-state index is 12.8. The van der Waals surface area contributed by atoms with Crippen LogP contribution < -0.4 is 5.32 Å². The van der Waals surface area contributed by atoms with Crippen LogP contribution in [0.1, 0.15) is 28.5 Å². The number of hydrogen-bond acceptors (Lipinski definition) is 2. The zero-order valence-corrected chi connectivity index (χ0v) is 13.6. The molecule has 0 spiro atoms. The van der Waals surface area contributed by atoms with Gasteiger partial charge < -0.3 is 15.0 Å². The second kappa shape index (κ2) is 5.80. The van der Waals surface area contributed by atoms with Gasteiger partial charge in [-0.1, -0.05) is 24.3 Å². The number of nitrogens with one attached hydrogen (secondary N) is 1. The summed E-state index contributed by atoms with van der Waals surface area (Å²) in [5.41, 5.74) is 4.00. The van der Waals surface area contributed by atoms with Crippen molar-refractivity contribution >= 4 is 22.5 Å². The van der Waals surface area contributed by atoms with E-state index in [9.17, 15) is 9.90 Å². The van der Waals surface area contributed by atoms with Gasteiger partial charge in [-0.25, -0.2) is 0 Å². The van der Waals surface area contributed by atoms with Crippen molar-refractivity contribution in [1.82, 2.24) is 4.57 Å². The van der Waals surface area contributed by atoms with Gasteiger partial charge >= 0.3 is 0 Å². The highest BCUT2D eigenvalue weighted by Crippen LogP contribution is 2.28. The number of amides is 1. The minimum Gasteiger partial charge on any atom is -0.506 e. The lowest BCUT2D eigenvalue weighted by Crippen LogP contribution is -2.18. The zero-order valence-electron chi connectivity index (χ0n) is 13.6. The molecule has 2 aromatic carbocycles. The van der Waals surface area contributed by atoms with Crippen LogP contribution in [0.2, 0.25) is 0 Å². The van der Waals surface area contributed by atoms with Gasteiger partial charge in [0, 0.05) is 17.4 Å². The first kappa shape index (κ1) is 15.2. The molecule has 0 saturated carbocycles. The normalized spacial score (nSPS) is 10.9.